The van der Waals surface area contributed by atoms with Crippen LogP contribution in [0.2, 0.25) is 0 Å². The average molecular weight is 264 g/mol. The SMILES string of the molecule is N#CC(NCCCN=[N+]=[N-])c1cn(CCCO)nn1. The van der Waals surface area contributed by atoms with Crippen molar-refractivity contribution in [3.05, 3.63) is 22.3 Å². The third kappa shape index (κ3) is 5.35. The highest BCUT2D eigenvalue weighted by molar-refractivity contribution is 5.10. The Balaban J connectivity index is 2.43. The van der Waals surface area contributed by atoms with Gasteiger partial charge < -0.3 is 5.11 Å². The van der Waals surface area contributed by atoms with Gasteiger partial charge >= 0.3 is 0 Å². The molecule has 0 fully saturated rings. The van der Waals surface area contributed by atoms with Crippen LogP contribution in [0.15, 0.2) is 11.3 Å². The first-order valence-corrected chi connectivity index (χ1v) is 5.96. The standard InChI is InChI=1S/C10H16N8O/c11-7-9(13-3-1-4-14-16-12)10-8-18(17-15-10)5-2-6-19/h8-9,13,19H,1-6H2. The number of aromatic nitrogens is 3. The van der Waals surface area contributed by atoms with E-state index in [1.165, 1.54) is 0 Å². The molecule has 0 radical (unpaired) electrons. The first-order chi connectivity index (χ1) is 9.31. The van der Waals surface area contributed by atoms with Gasteiger partial charge in [-0.1, -0.05) is 10.3 Å². The largest absolute Gasteiger partial charge is 0.396 e. The van der Waals surface area contributed by atoms with Crippen molar-refractivity contribution >= 4 is 0 Å². The predicted octanol–water partition coefficient (Wildman–Crippen LogP) is 0.515. The van der Waals surface area contributed by atoms with Crippen LogP contribution in [0.25, 0.3) is 10.4 Å². The molecule has 0 spiro atoms. The topological polar surface area (TPSA) is 136 Å². The van der Waals surface area contributed by atoms with E-state index in [1.807, 2.05) is 0 Å². The maximum absolute atomic E-state index is 9.06. The maximum atomic E-state index is 9.06. The van der Waals surface area contributed by atoms with Crippen LogP contribution in [0, 0.1) is 11.3 Å². The van der Waals surface area contributed by atoms with Crippen molar-refractivity contribution in [1.29, 1.82) is 5.26 Å². The number of nitrogens with zero attached hydrogens (tertiary/aromatic N) is 7. The van der Waals surface area contributed by atoms with Crippen molar-refractivity contribution in [2.24, 2.45) is 5.11 Å². The molecule has 0 aliphatic heterocycles. The first-order valence-electron chi connectivity index (χ1n) is 5.96. The van der Waals surface area contributed by atoms with E-state index in [0.717, 1.165) is 0 Å². The monoisotopic (exact) mass is 264 g/mol. The molecule has 102 valence electrons. The summed E-state index contributed by atoms with van der Waals surface area (Å²) in [6.45, 7) is 1.61. The smallest absolute Gasteiger partial charge is 0.141 e. The number of hydrogen-bond donors (Lipinski definition) is 2. The summed E-state index contributed by atoms with van der Waals surface area (Å²) in [4.78, 5) is 2.65. The van der Waals surface area contributed by atoms with Crippen LogP contribution in [-0.2, 0) is 6.54 Å². The Morgan fingerprint density at radius 2 is 2.47 bits per heavy atom. The van der Waals surface area contributed by atoms with Gasteiger partial charge in [-0.05, 0) is 24.9 Å². The Morgan fingerprint density at radius 3 is 3.16 bits per heavy atom. The van der Waals surface area contributed by atoms with E-state index in [0.29, 0.717) is 38.2 Å². The molecule has 0 aliphatic carbocycles. The zero-order valence-electron chi connectivity index (χ0n) is 10.5. The van der Waals surface area contributed by atoms with E-state index in [1.54, 1.807) is 10.9 Å². The van der Waals surface area contributed by atoms with Gasteiger partial charge in [0.15, 0.2) is 0 Å². The van der Waals surface area contributed by atoms with Crippen LogP contribution in [0.4, 0.5) is 0 Å². The minimum atomic E-state index is -0.533. The summed E-state index contributed by atoms with van der Waals surface area (Å²) >= 11 is 0. The molecule has 0 saturated heterocycles. The fraction of sp³-hybridized carbons (Fsp3) is 0.700. The zero-order valence-corrected chi connectivity index (χ0v) is 10.5. The lowest BCUT2D eigenvalue weighted by atomic mass is 10.2. The summed E-state index contributed by atoms with van der Waals surface area (Å²) in [5.41, 5.74) is 8.66. The fourth-order valence-electron chi connectivity index (χ4n) is 1.44. The summed E-state index contributed by atoms with van der Waals surface area (Å²) in [7, 11) is 0. The minimum absolute atomic E-state index is 0.0918. The molecule has 0 aliphatic rings. The molecule has 2 N–H and O–H groups in total. The summed E-state index contributed by atoms with van der Waals surface area (Å²) in [5.74, 6) is 0. The van der Waals surface area contributed by atoms with Crippen molar-refractivity contribution in [1.82, 2.24) is 20.3 Å². The summed E-state index contributed by atoms with van der Waals surface area (Å²) < 4.78 is 1.59. The Bertz CT molecular complexity index is 458. The molecule has 1 heterocycles. The molecule has 9 heteroatoms. The lowest BCUT2D eigenvalue weighted by molar-refractivity contribution is 0.276. The van der Waals surface area contributed by atoms with Crippen LogP contribution in [-0.4, -0.2) is 39.8 Å². The second kappa shape index (κ2) is 8.88. The van der Waals surface area contributed by atoms with E-state index in [4.69, 9.17) is 15.9 Å². The van der Waals surface area contributed by atoms with Crippen LogP contribution in [0.1, 0.15) is 24.6 Å². The summed E-state index contributed by atoms with van der Waals surface area (Å²) in [6, 6.07) is 1.57. The van der Waals surface area contributed by atoms with Gasteiger partial charge in [0, 0.05) is 24.6 Å². The number of aliphatic hydroxyl groups excluding tert-OH is 1. The molecule has 0 saturated carbocycles. The molecule has 1 aromatic heterocycles. The third-order valence-corrected chi connectivity index (χ3v) is 2.37. The number of aryl methyl sites for hydroxylation is 1. The Morgan fingerprint density at radius 1 is 1.63 bits per heavy atom. The van der Waals surface area contributed by atoms with Crippen molar-refractivity contribution in [2.75, 3.05) is 19.7 Å². The van der Waals surface area contributed by atoms with Crippen LogP contribution < -0.4 is 5.32 Å². The lowest BCUT2D eigenvalue weighted by Gasteiger charge is -2.06. The highest BCUT2D eigenvalue weighted by atomic mass is 16.3. The second-order valence-electron chi connectivity index (χ2n) is 3.81. The van der Waals surface area contributed by atoms with Crippen molar-refractivity contribution < 1.29 is 5.11 Å². The van der Waals surface area contributed by atoms with Gasteiger partial charge in [0.25, 0.3) is 0 Å². The number of rotatable bonds is 9. The highest BCUT2D eigenvalue weighted by Crippen LogP contribution is 2.07. The molecule has 0 bridgehead atoms. The molecular weight excluding hydrogens is 248 g/mol. The van der Waals surface area contributed by atoms with Crippen LogP contribution in [0.5, 0.6) is 0 Å². The first kappa shape index (κ1) is 14.9. The Kier molecular flexibility index (Phi) is 6.97. The molecular formula is C10H16N8O. The van der Waals surface area contributed by atoms with E-state index in [2.05, 4.69) is 31.7 Å². The van der Waals surface area contributed by atoms with Gasteiger partial charge in [0.1, 0.15) is 11.7 Å². The van der Waals surface area contributed by atoms with E-state index in [9.17, 15) is 0 Å². The van der Waals surface area contributed by atoms with Crippen molar-refractivity contribution in [3.63, 3.8) is 0 Å². The van der Waals surface area contributed by atoms with Crippen molar-refractivity contribution in [2.45, 2.75) is 25.4 Å². The fourth-order valence-corrected chi connectivity index (χ4v) is 1.44. The van der Waals surface area contributed by atoms with Crippen LogP contribution in [0.3, 0.4) is 0 Å². The molecule has 1 unspecified atom stereocenters. The Hall–Kier alpha value is -2.14. The van der Waals surface area contributed by atoms with E-state index < -0.39 is 6.04 Å². The molecule has 19 heavy (non-hydrogen) atoms. The summed E-state index contributed by atoms with van der Waals surface area (Å²) in [5, 5.41) is 32.0. The zero-order chi connectivity index (χ0) is 13.9. The lowest BCUT2D eigenvalue weighted by Crippen LogP contribution is -2.22. The molecule has 1 rings (SSSR count). The second-order valence-corrected chi connectivity index (χ2v) is 3.81. The van der Waals surface area contributed by atoms with Gasteiger partial charge in [-0.2, -0.15) is 5.26 Å². The highest BCUT2D eigenvalue weighted by Gasteiger charge is 2.13. The molecule has 1 atom stereocenters. The number of nitrogens with one attached hydrogen (secondary N) is 1. The van der Waals surface area contributed by atoms with Gasteiger partial charge in [0.05, 0.1) is 12.3 Å². The number of hydrogen-bond acceptors (Lipinski definition) is 6. The van der Waals surface area contributed by atoms with Gasteiger partial charge in [-0.15, -0.1) is 5.10 Å². The molecule has 0 aromatic carbocycles. The molecule has 9 nitrogen and oxygen atoms in total. The van der Waals surface area contributed by atoms with Crippen molar-refractivity contribution in [3.8, 4) is 6.07 Å². The maximum Gasteiger partial charge on any atom is 0.141 e. The third-order valence-electron chi connectivity index (χ3n) is 2.37. The summed E-state index contributed by atoms with van der Waals surface area (Å²) in [6.07, 6.45) is 2.94. The van der Waals surface area contributed by atoms with E-state index >= 15 is 0 Å². The normalized spacial score (nSPS) is 11.6. The van der Waals surface area contributed by atoms with Crippen LogP contribution >= 0.6 is 0 Å². The number of azide groups is 1. The van der Waals surface area contributed by atoms with Gasteiger partial charge in [0.2, 0.25) is 0 Å². The predicted molar refractivity (Wildman–Crippen MR) is 66.7 cm³/mol. The number of nitriles is 1. The minimum Gasteiger partial charge on any atom is -0.396 e. The molecule has 0 amide bonds. The van der Waals surface area contributed by atoms with Gasteiger partial charge in [-0.25, -0.2) is 0 Å². The van der Waals surface area contributed by atoms with E-state index in [-0.39, 0.29) is 6.61 Å². The number of aliphatic hydroxyl groups is 1. The van der Waals surface area contributed by atoms with Gasteiger partial charge in [-0.3, -0.25) is 10.00 Å². The quantitative estimate of drug-likeness (QED) is 0.290. The Labute approximate surface area is 110 Å². The molecule has 1 aromatic rings. The average Bonchev–Trinajstić information content (AvgIpc) is 2.89.